The van der Waals surface area contributed by atoms with Gasteiger partial charge in [0.15, 0.2) is 0 Å². The number of thioether (sulfide) groups is 1. The first-order chi connectivity index (χ1) is 8.52. The van der Waals surface area contributed by atoms with Gasteiger partial charge in [-0.3, -0.25) is 0 Å². The highest BCUT2D eigenvalue weighted by Crippen LogP contribution is 2.39. The van der Waals surface area contributed by atoms with Gasteiger partial charge in [-0.2, -0.15) is 11.8 Å². The van der Waals surface area contributed by atoms with Gasteiger partial charge in [0.2, 0.25) is 0 Å². The summed E-state index contributed by atoms with van der Waals surface area (Å²) in [6.07, 6.45) is 2.91. The van der Waals surface area contributed by atoms with E-state index in [-0.39, 0.29) is 11.6 Å². The van der Waals surface area contributed by atoms with Gasteiger partial charge in [0.1, 0.15) is 17.1 Å². The maximum atomic E-state index is 6.17. The summed E-state index contributed by atoms with van der Waals surface area (Å²) in [5.74, 6) is 2.70. The molecule has 0 amide bonds. The second-order valence-corrected chi connectivity index (χ2v) is 6.20. The molecule has 0 aliphatic carbocycles. The molecule has 2 N–H and O–H groups in total. The van der Waals surface area contributed by atoms with Crippen LogP contribution < -0.4 is 15.2 Å². The van der Waals surface area contributed by atoms with Crippen LogP contribution in [0.2, 0.25) is 0 Å². The largest absolute Gasteiger partial charge is 0.493 e. The molecule has 1 aliphatic heterocycles. The molecule has 2 rings (SSSR count). The van der Waals surface area contributed by atoms with Crippen molar-refractivity contribution < 1.29 is 9.47 Å². The molecule has 0 bridgehead atoms. The van der Waals surface area contributed by atoms with Crippen molar-refractivity contribution in [3.05, 3.63) is 23.8 Å². The van der Waals surface area contributed by atoms with Crippen molar-refractivity contribution in [2.24, 2.45) is 5.73 Å². The third-order valence-corrected chi connectivity index (χ3v) is 3.61. The van der Waals surface area contributed by atoms with Crippen LogP contribution in [0.5, 0.6) is 11.5 Å². The van der Waals surface area contributed by atoms with E-state index in [0.717, 1.165) is 35.8 Å². The van der Waals surface area contributed by atoms with Crippen molar-refractivity contribution in [3.63, 3.8) is 0 Å². The third kappa shape index (κ3) is 3.12. The van der Waals surface area contributed by atoms with Crippen LogP contribution in [-0.4, -0.2) is 24.2 Å². The molecule has 1 aromatic rings. The summed E-state index contributed by atoms with van der Waals surface area (Å²) in [6, 6.07) is 5.99. The Balaban J connectivity index is 2.15. The topological polar surface area (TPSA) is 44.5 Å². The smallest absolute Gasteiger partial charge is 0.128 e. The van der Waals surface area contributed by atoms with E-state index in [2.05, 4.69) is 20.1 Å². The molecular formula is C14H21NO2S. The lowest BCUT2D eigenvalue weighted by molar-refractivity contribution is 0.0725. The normalized spacial score (nSPS) is 21.0. The molecular weight excluding hydrogens is 246 g/mol. The first-order valence-corrected chi connectivity index (χ1v) is 7.61. The number of fused-ring (bicyclic) bond motifs is 1. The van der Waals surface area contributed by atoms with Gasteiger partial charge < -0.3 is 15.2 Å². The number of nitrogens with two attached hydrogens (primary N) is 1. The van der Waals surface area contributed by atoms with Crippen molar-refractivity contribution in [2.75, 3.05) is 18.6 Å². The van der Waals surface area contributed by atoms with E-state index >= 15 is 0 Å². The van der Waals surface area contributed by atoms with Gasteiger partial charge >= 0.3 is 0 Å². The highest BCUT2D eigenvalue weighted by Gasteiger charge is 2.31. The Kier molecular flexibility index (Phi) is 4.07. The van der Waals surface area contributed by atoms with Crippen molar-refractivity contribution in [3.8, 4) is 11.5 Å². The summed E-state index contributed by atoms with van der Waals surface area (Å²) in [5, 5.41) is 0. The summed E-state index contributed by atoms with van der Waals surface area (Å²) in [4.78, 5) is 0. The van der Waals surface area contributed by atoms with E-state index in [9.17, 15) is 0 Å². The van der Waals surface area contributed by atoms with Gasteiger partial charge in [-0.05, 0) is 26.2 Å². The van der Waals surface area contributed by atoms with Crippen molar-refractivity contribution in [2.45, 2.75) is 31.9 Å². The molecule has 1 aromatic carbocycles. The molecule has 0 aromatic heterocycles. The Morgan fingerprint density at radius 1 is 1.50 bits per heavy atom. The Morgan fingerprint density at radius 3 is 3.00 bits per heavy atom. The van der Waals surface area contributed by atoms with Crippen molar-refractivity contribution in [1.29, 1.82) is 0 Å². The minimum atomic E-state index is -0.204. The summed E-state index contributed by atoms with van der Waals surface area (Å²) in [6.45, 7) is 4.85. The van der Waals surface area contributed by atoms with E-state index in [4.69, 9.17) is 15.2 Å². The standard InChI is InChI=1S/C14H21NO2S/c1-14(2)9-12(15)11-5-4-10(8-13(11)17-14)16-6-7-18-3/h4-5,8,12H,6-7,9,15H2,1-3H3. The molecule has 1 unspecified atom stereocenters. The molecule has 3 nitrogen and oxygen atoms in total. The van der Waals surface area contributed by atoms with Gasteiger partial charge in [-0.15, -0.1) is 0 Å². The quantitative estimate of drug-likeness (QED) is 0.852. The molecule has 1 heterocycles. The summed E-state index contributed by atoms with van der Waals surface area (Å²) < 4.78 is 11.6. The van der Waals surface area contributed by atoms with E-state index < -0.39 is 0 Å². The van der Waals surface area contributed by atoms with Crippen LogP contribution in [0.25, 0.3) is 0 Å². The van der Waals surface area contributed by atoms with Gasteiger partial charge in [-0.1, -0.05) is 6.07 Å². The van der Waals surface area contributed by atoms with E-state index in [1.54, 1.807) is 11.8 Å². The first kappa shape index (κ1) is 13.6. The second-order valence-electron chi connectivity index (χ2n) is 5.21. The average molecular weight is 267 g/mol. The number of hydrogen-bond donors (Lipinski definition) is 1. The van der Waals surface area contributed by atoms with Crippen LogP contribution in [0, 0.1) is 0 Å². The zero-order chi connectivity index (χ0) is 13.2. The zero-order valence-corrected chi connectivity index (χ0v) is 12.0. The SMILES string of the molecule is CSCCOc1ccc2c(c1)OC(C)(C)CC2N. The molecule has 0 spiro atoms. The molecule has 0 saturated carbocycles. The number of hydrogen-bond acceptors (Lipinski definition) is 4. The summed E-state index contributed by atoms with van der Waals surface area (Å²) in [5.41, 5.74) is 7.04. The molecule has 0 saturated heterocycles. The van der Waals surface area contributed by atoms with Crippen molar-refractivity contribution in [1.82, 2.24) is 0 Å². The first-order valence-electron chi connectivity index (χ1n) is 6.22. The molecule has 0 radical (unpaired) electrons. The van der Waals surface area contributed by atoms with Crippen LogP contribution in [-0.2, 0) is 0 Å². The lowest BCUT2D eigenvalue weighted by atomic mass is 9.90. The van der Waals surface area contributed by atoms with Crippen LogP contribution in [0.1, 0.15) is 31.9 Å². The Labute approximate surface area is 113 Å². The minimum absolute atomic E-state index is 0.0454. The van der Waals surface area contributed by atoms with Gasteiger partial charge in [0.25, 0.3) is 0 Å². The van der Waals surface area contributed by atoms with E-state index in [1.165, 1.54) is 0 Å². The fraction of sp³-hybridized carbons (Fsp3) is 0.571. The number of rotatable bonds is 4. The molecule has 18 heavy (non-hydrogen) atoms. The average Bonchev–Trinajstić information content (AvgIpc) is 2.27. The Morgan fingerprint density at radius 2 is 2.28 bits per heavy atom. The molecule has 100 valence electrons. The van der Waals surface area contributed by atoms with Gasteiger partial charge in [-0.25, -0.2) is 0 Å². The maximum absolute atomic E-state index is 6.17. The molecule has 1 atom stereocenters. The van der Waals surface area contributed by atoms with Crippen LogP contribution in [0.15, 0.2) is 18.2 Å². The summed E-state index contributed by atoms with van der Waals surface area (Å²) in [7, 11) is 0. The lowest BCUT2D eigenvalue weighted by Crippen LogP contribution is -2.37. The fourth-order valence-corrected chi connectivity index (χ4v) is 2.47. The summed E-state index contributed by atoms with van der Waals surface area (Å²) >= 11 is 1.77. The van der Waals surface area contributed by atoms with E-state index in [1.807, 2.05) is 18.2 Å². The minimum Gasteiger partial charge on any atom is -0.493 e. The van der Waals surface area contributed by atoms with E-state index in [0.29, 0.717) is 0 Å². The van der Waals surface area contributed by atoms with Gasteiger partial charge in [0, 0.05) is 29.8 Å². The number of benzene rings is 1. The third-order valence-electron chi connectivity index (χ3n) is 3.04. The Bertz CT molecular complexity index is 420. The zero-order valence-electron chi connectivity index (χ0n) is 11.2. The highest BCUT2D eigenvalue weighted by atomic mass is 32.2. The molecule has 0 fully saturated rings. The second kappa shape index (κ2) is 5.41. The Hall–Kier alpha value is -0.870. The predicted molar refractivity (Wildman–Crippen MR) is 76.6 cm³/mol. The van der Waals surface area contributed by atoms with Crippen molar-refractivity contribution >= 4 is 11.8 Å². The monoisotopic (exact) mass is 267 g/mol. The van der Waals surface area contributed by atoms with Gasteiger partial charge in [0.05, 0.1) is 6.61 Å². The molecule has 1 aliphatic rings. The lowest BCUT2D eigenvalue weighted by Gasteiger charge is -2.36. The molecule has 4 heteroatoms. The highest BCUT2D eigenvalue weighted by molar-refractivity contribution is 7.98. The van der Waals surface area contributed by atoms with Crippen LogP contribution in [0.4, 0.5) is 0 Å². The maximum Gasteiger partial charge on any atom is 0.128 e. The number of ether oxygens (including phenoxy) is 2. The fourth-order valence-electron chi connectivity index (χ4n) is 2.22. The predicted octanol–water partition coefficient (Wildman–Crippen LogP) is 2.99. The van der Waals surface area contributed by atoms with Crippen LogP contribution in [0.3, 0.4) is 0 Å². The van der Waals surface area contributed by atoms with Crippen LogP contribution >= 0.6 is 11.8 Å².